The number of hydrazone groups is 1. The molecule has 2 aromatic rings. The van der Waals surface area contributed by atoms with Gasteiger partial charge in [0, 0.05) is 19.3 Å². The first-order valence-corrected chi connectivity index (χ1v) is 9.98. The van der Waals surface area contributed by atoms with Crippen molar-refractivity contribution in [2.45, 2.75) is 32.6 Å². The molecular weight excluding hydrogens is 382 g/mol. The predicted octanol–water partition coefficient (Wildman–Crippen LogP) is 2.77. The Kier molecular flexibility index (Phi) is 7.32. The first-order chi connectivity index (χ1) is 14.5. The van der Waals surface area contributed by atoms with Crippen LogP contribution in [0.4, 0.5) is 5.69 Å². The summed E-state index contributed by atoms with van der Waals surface area (Å²) in [6, 6.07) is 17.0. The number of esters is 1. The Morgan fingerprint density at radius 3 is 2.53 bits per heavy atom. The second-order valence-corrected chi connectivity index (χ2v) is 7.06. The van der Waals surface area contributed by atoms with Crippen molar-refractivity contribution in [3.8, 4) is 0 Å². The number of aryl methyl sites for hydroxylation is 2. The van der Waals surface area contributed by atoms with Gasteiger partial charge in [0.2, 0.25) is 11.8 Å². The number of anilines is 1. The molecule has 1 aliphatic heterocycles. The number of ether oxygens (including phenoxy) is 1. The van der Waals surface area contributed by atoms with E-state index in [0.29, 0.717) is 18.5 Å². The maximum absolute atomic E-state index is 12.3. The van der Waals surface area contributed by atoms with Crippen LogP contribution in [0.25, 0.3) is 0 Å². The Morgan fingerprint density at radius 2 is 1.80 bits per heavy atom. The summed E-state index contributed by atoms with van der Waals surface area (Å²) in [6.07, 6.45) is 1.46. The number of hydrogen-bond acceptors (Lipinski definition) is 5. The third kappa shape index (κ3) is 6.01. The maximum Gasteiger partial charge on any atom is 0.354 e. The van der Waals surface area contributed by atoms with E-state index in [1.165, 1.54) is 10.6 Å². The molecule has 2 aromatic carbocycles. The minimum absolute atomic E-state index is 0.0490. The van der Waals surface area contributed by atoms with Gasteiger partial charge in [0.25, 0.3) is 0 Å². The molecule has 30 heavy (non-hydrogen) atoms. The highest BCUT2D eigenvalue weighted by atomic mass is 16.5. The monoisotopic (exact) mass is 407 g/mol. The van der Waals surface area contributed by atoms with Crippen LogP contribution in [0.15, 0.2) is 59.7 Å². The van der Waals surface area contributed by atoms with Gasteiger partial charge in [-0.15, -0.1) is 0 Å². The summed E-state index contributed by atoms with van der Waals surface area (Å²) < 4.78 is 5.20. The van der Waals surface area contributed by atoms with E-state index in [4.69, 9.17) is 4.74 Å². The largest absolute Gasteiger partial charge is 0.459 e. The van der Waals surface area contributed by atoms with Crippen molar-refractivity contribution in [3.63, 3.8) is 0 Å². The highest BCUT2D eigenvalue weighted by Gasteiger charge is 2.26. The summed E-state index contributed by atoms with van der Waals surface area (Å²) in [5, 5.41) is 8.13. The molecule has 0 fully saturated rings. The lowest BCUT2D eigenvalue weighted by Crippen LogP contribution is -2.36. The first kappa shape index (κ1) is 21.2. The standard InChI is InChI=1S/C23H25N3O4/c1-17-7-9-18(10-8-17)11-13-21(27)24-15-16-30-23(29)20-12-14-22(28)26(25-20)19-5-3-2-4-6-19/h2-10H,11-16H2,1H3,(H,24,27). The van der Waals surface area contributed by atoms with Gasteiger partial charge in [0.15, 0.2) is 0 Å². The molecule has 156 valence electrons. The van der Waals surface area contributed by atoms with Crippen LogP contribution in [-0.4, -0.2) is 36.6 Å². The topological polar surface area (TPSA) is 88.1 Å². The summed E-state index contributed by atoms with van der Waals surface area (Å²) >= 11 is 0. The fraction of sp³-hybridized carbons (Fsp3) is 0.304. The number of rotatable bonds is 8. The van der Waals surface area contributed by atoms with Crippen LogP contribution >= 0.6 is 0 Å². The smallest absolute Gasteiger partial charge is 0.354 e. The first-order valence-electron chi connectivity index (χ1n) is 9.98. The van der Waals surface area contributed by atoms with Gasteiger partial charge in [0.1, 0.15) is 12.3 Å². The van der Waals surface area contributed by atoms with Crippen LogP contribution < -0.4 is 10.3 Å². The zero-order valence-electron chi connectivity index (χ0n) is 17.0. The predicted molar refractivity (Wildman–Crippen MR) is 114 cm³/mol. The maximum atomic E-state index is 12.3. The van der Waals surface area contributed by atoms with Gasteiger partial charge in [-0.1, -0.05) is 48.0 Å². The van der Waals surface area contributed by atoms with E-state index in [1.54, 1.807) is 24.3 Å². The third-order valence-corrected chi connectivity index (χ3v) is 4.69. The van der Waals surface area contributed by atoms with E-state index in [1.807, 2.05) is 37.3 Å². The van der Waals surface area contributed by atoms with E-state index >= 15 is 0 Å². The summed E-state index contributed by atoms with van der Waals surface area (Å²) in [6.45, 7) is 2.30. The van der Waals surface area contributed by atoms with Crippen molar-refractivity contribution < 1.29 is 19.1 Å². The molecule has 0 aromatic heterocycles. The lowest BCUT2D eigenvalue weighted by molar-refractivity contribution is -0.136. The number of para-hydroxylation sites is 1. The molecule has 0 atom stereocenters. The molecule has 0 saturated carbocycles. The van der Waals surface area contributed by atoms with E-state index in [9.17, 15) is 14.4 Å². The number of carbonyl (C=O) groups excluding carboxylic acids is 3. The van der Waals surface area contributed by atoms with Gasteiger partial charge in [-0.3, -0.25) is 9.59 Å². The van der Waals surface area contributed by atoms with Crippen molar-refractivity contribution in [1.29, 1.82) is 0 Å². The molecule has 7 heteroatoms. The molecule has 0 bridgehead atoms. The summed E-state index contributed by atoms with van der Waals surface area (Å²) in [4.78, 5) is 36.3. The Labute approximate surface area is 175 Å². The second kappa shape index (κ2) is 10.3. The average Bonchev–Trinajstić information content (AvgIpc) is 2.77. The summed E-state index contributed by atoms with van der Waals surface area (Å²) in [7, 11) is 0. The molecule has 1 N–H and O–H groups in total. The average molecular weight is 407 g/mol. The third-order valence-electron chi connectivity index (χ3n) is 4.69. The Bertz CT molecular complexity index is 923. The van der Waals surface area contributed by atoms with Crippen LogP contribution in [0.3, 0.4) is 0 Å². The van der Waals surface area contributed by atoms with E-state index in [0.717, 1.165) is 5.56 Å². The molecule has 1 heterocycles. The van der Waals surface area contributed by atoms with Crippen molar-refractivity contribution >= 4 is 29.2 Å². The van der Waals surface area contributed by atoms with E-state index in [-0.39, 0.29) is 43.5 Å². The van der Waals surface area contributed by atoms with Crippen molar-refractivity contribution in [2.75, 3.05) is 18.2 Å². The molecular formula is C23H25N3O4. The van der Waals surface area contributed by atoms with E-state index in [2.05, 4.69) is 10.4 Å². The van der Waals surface area contributed by atoms with Crippen LogP contribution in [0, 0.1) is 6.92 Å². The Hall–Kier alpha value is -3.48. The molecule has 1 aliphatic rings. The summed E-state index contributed by atoms with van der Waals surface area (Å²) in [5.41, 5.74) is 3.09. The number of benzene rings is 2. The van der Waals surface area contributed by atoms with Crippen molar-refractivity contribution in [1.82, 2.24) is 5.32 Å². The van der Waals surface area contributed by atoms with Crippen LogP contribution in [0.1, 0.15) is 30.4 Å². The number of hydrogen-bond donors (Lipinski definition) is 1. The van der Waals surface area contributed by atoms with Crippen LogP contribution in [0.5, 0.6) is 0 Å². The van der Waals surface area contributed by atoms with Crippen molar-refractivity contribution in [3.05, 3.63) is 65.7 Å². The molecule has 3 rings (SSSR count). The molecule has 2 amide bonds. The lowest BCUT2D eigenvalue weighted by atomic mass is 10.1. The van der Waals surface area contributed by atoms with Crippen LogP contribution in [-0.2, 0) is 25.5 Å². The summed E-state index contributed by atoms with van der Waals surface area (Å²) in [5.74, 6) is -0.835. The molecule has 0 aliphatic carbocycles. The highest BCUT2D eigenvalue weighted by molar-refractivity contribution is 6.38. The zero-order valence-corrected chi connectivity index (χ0v) is 17.0. The lowest BCUT2D eigenvalue weighted by Gasteiger charge is -2.22. The SMILES string of the molecule is Cc1ccc(CCC(=O)NCCOC(=O)C2=NN(c3ccccc3)C(=O)CC2)cc1. The fourth-order valence-corrected chi connectivity index (χ4v) is 2.99. The van der Waals surface area contributed by atoms with Gasteiger partial charge < -0.3 is 10.1 Å². The molecule has 0 spiro atoms. The van der Waals surface area contributed by atoms with Gasteiger partial charge in [-0.05, 0) is 31.0 Å². The van der Waals surface area contributed by atoms with Gasteiger partial charge >= 0.3 is 5.97 Å². The van der Waals surface area contributed by atoms with Gasteiger partial charge in [-0.25, -0.2) is 9.80 Å². The normalized spacial score (nSPS) is 13.6. The number of carbonyl (C=O) groups is 3. The molecule has 0 saturated heterocycles. The van der Waals surface area contributed by atoms with Gasteiger partial charge in [-0.2, -0.15) is 5.10 Å². The Balaban J connectivity index is 1.41. The quantitative estimate of drug-likeness (QED) is 0.538. The zero-order chi connectivity index (χ0) is 21.3. The second-order valence-electron chi connectivity index (χ2n) is 7.06. The van der Waals surface area contributed by atoms with E-state index < -0.39 is 5.97 Å². The number of nitrogens with zero attached hydrogens (tertiary/aromatic N) is 2. The minimum Gasteiger partial charge on any atom is -0.459 e. The minimum atomic E-state index is -0.572. The number of nitrogens with one attached hydrogen (secondary N) is 1. The van der Waals surface area contributed by atoms with Crippen LogP contribution in [0.2, 0.25) is 0 Å². The number of amides is 2. The fourth-order valence-electron chi connectivity index (χ4n) is 2.99. The molecule has 0 unspecified atom stereocenters. The highest BCUT2D eigenvalue weighted by Crippen LogP contribution is 2.19. The molecule has 7 nitrogen and oxygen atoms in total. The van der Waals surface area contributed by atoms with Crippen molar-refractivity contribution in [2.24, 2.45) is 5.10 Å². The van der Waals surface area contributed by atoms with Gasteiger partial charge in [0.05, 0.1) is 12.2 Å². The molecule has 0 radical (unpaired) electrons. The Morgan fingerprint density at radius 1 is 1.07 bits per heavy atom.